The third-order valence-corrected chi connectivity index (χ3v) is 2.73. The Bertz CT molecular complexity index is 439. The molecule has 0 saturated heterocycles. The fraction of sp³-hybridized carbons (Fsp3) is 0.308. The second-order valence-corrected chi connectivity index (χ2v) is 4.26. The van der Waals surface area contributed by atoms with Crippen LogP contribution in [-0.4, -0.2) is 9.55 Å². The van der Waals surface area contributed by atoms with Gasteiger partial charge in [0.15, 0.2) is 6.23 Å². The minimum Gasteiger partial charge on any atom is -0.470 e. The minimum atomic E-state index is -0.0105. The van der Waals surface area contributed by atoms with Crippen molar-refractivity contribution in [1.82, 2.24) is 9.55 Å². The maximum atomic E-state index is 5.92. The largest absolute Gasteiger partial charge is 0.470 e. The van der Waals surface area contributed by atoms with Crippen molar-refractivity contribution >= 4 is 11.6 Å². The zero-order chi connectivity index (χ0) is 12.1. The second-order valence-electron chi connectivity index (χ2n) is 3.82. The van der Waals surface area contributed by atoms with Crippen LogP contribution in [0.4, 0.5) is 0 Å². The molecule has 0 aliphatic carbocycles. The Kier molecular flexibility index (Phi) is 4.04. The van der Waals surface area contributed by atoms with Crippen molar-refractivity contribution in [2.45, 2.75) is 26.0 Å². The van der Waals surface area contributed by atoms with Gasteiger partial charge in [0.1, 0.15) is 5.75 Å². The third kappa shape index (κ3) is 3.24. The molecule has 3 nitrogen and oxygen atoms in total. The molecule has 1 atom stereocenters. The normalized spacial score (nSPS) is 12.4. The van der Waals surface area contributed by atoms with Gasteiger partial charge in [-0.2, -0.15) is 0 Å². The van der Waals surface area contributed by atoms with E-state index in [0.29, 0.717) is 5.02 Å². The lowest BCUT2D eigenvalue weighted by atomic mass is 10.3. The first kappa shape index (κ1) is 12.0. The zero-order valence-electron chi connectivity index (χ0n) is 9.71. The molecule has 0 amide bonds. The number of benzene rings is 1. The molecule has 1 unspecified atom stereocenters. The first-order valence-electron chi connectivity index (χ1n) is 5.69. The van der Waals surface area contributed by atoms with Crippen molar-refractivity contribution in [2.24, 2.45) is 0 Å². The molecule has 0 aliphatic rings. The van der Waals surface area contributed by atoms with Crippen LogP contribution in [0, 0.1) is 0 Å². The van der Waals surface area contributed by atoms with Crippen LogP contribution < -0.4 is 4.74 Å². The summed E-state index contributed by atoms with van der Waals surface area (Å²) >= 11 is 5.84. The lowest BCUT2D eigenvalue weighted by Gasteiger charge is -2.19. The van der Waals surface area contributed by atoms with Crippen LogP contribution in [-0.2, 0) is 0 Å². The quantitative estimate of drug-likeness (QED) is 0.804. The lowest BCUT2D eigenvalue weighted by molar-refractivity contribution is 0.121. The van der Waals surface area contributed by atoms with Gasteiger partial charge in [-0.15, -0.1) is 0 Å². The number of aromatic nitrogens is 2. The zero-order valence-corrected chi connectivity index (χ0v) is 10.5. The molecule has 0 bridgehead atoms. The maximum absolute atomic E-state index is 5.92. The predicted octanol–water partition coefficient (Wildman–Crippen LogP) is 3.91. The van der Waals surface area contributed by atoms with Crippen LogP contribution >= 0.6 is 11.6 Å². The van der Waals surface area contributed by atoms with Gasteiger partial charge in [-0.05, 0) is 24.3 Å². The molecule has 0 spiro atoms. The summed E-state index contributed by atoms with van der Waals surface area (Å²) < 4.78 is 7.89. The SMILES string of the molecule is CCCC(Oc1ccc(Cl)cc1)n1ccnc1. The molecule has 2 rings (SSSR count). The Hall–Kier alpha value is -1.48. The summed E-state index contributed by atoms with van der Waals surface area (Å²) in [7, 11) is 0. The number of hydrogen-bond acceptors (Lipinski definition) is 2. The number of hydrogen-bond donors (Lipinski definition) is 0. The fourth-order valence-corrected chi connectivity index (χ4v) is 1.75. The summed E-state index contributed by atoms with van der Waals surface area (Å²) in [5, 5.41) is 0.715. The van der Waals surface area contributed by atoms with E-state index < -0.39 is 0 Å². The Balaban J connectivity index is 2.10. The molecule has 1 aromatic carbocycles. The molecule has 4 heteroatoms. The first-order chi connectivity index (χ1) is 8.29. The van der Waals surface area contributed by atoms with Crippen LogP contribution in [0.1, 0.15) is 26.0 Å². The molecule has 1 aromatic heterocycles. The summed E-state index contributed by atoms with van der Waals surface area (Å²) in [5.41, 5.74) is 0. The van der Waals surface area contributed by atoms with Crippen LogP contribution in [0.2, 0.25) is 5.02 Å². The van der Waals surface area contributed by atoms with Gasteiger partial charge in [-0.1, -0.05) is 24.9 Å². The first-order valence-corrected chi connectivity index (χ1v) is 6.07. The van der Waals surface area contributed by atoms with Crippen molar-refractivity contribution in [2.75, 3.05) is 0 Å². The standard InChI is InChI=1S/C13H15ClN2O/c1-2-3-13(16-9-8-15-10-16)17-12-6-4-11(14)5-7-12/h4-10,13H,2-3H2,1H3. The molecular formula is C13H15ClN2O. The number of halogens is 1. The average molecular weight is 251 g/mol. The Labute approximate surface area is 106 Å². The van der Waals surface area contributed by atoms with Crippen molar-refractivity contribution in [1.29, 1.82) is 0 Å². The Morgan fingerprint density at radius 2 is 2.12 bits per heavy atom. The third-order valence-electron chi connectivity index (χ3n) is 2.48. The van der Waals surface area contributed by atoms with Gasteiger partial charge >= 0.3 is 0 Å². The van der Waals surface area contributed by atoms with Gasteiger partial charge < -0.3 is 9.30 Å². The van der Waals surface area contributed by atoms with Gasteiger partial charge in [-0.3, -0.25) is 0 Å². The smallest absolute Gasteiger partial charge is 0.176 e. The van der Waals surface area contributed by atoms with Crippen molar-refractivity contribution < 1.29 is 4.74 Å². The van der Waals surface area contributed by atoms with Gasteiger partial charge in [0.2, 0.25) is 0 Å². The van der Waals surface area contributed by atoms with Crippen LogP contribution in [0.25, 0.3) is 0 Å². The molecule has 0 saturated carbocycles. The summed E-state index contributed by atoms with van der Waals surface area (Å²) in [5.74, 6) is 0.821. The minimum absolute atomic E-state index is 0.0105. The number of imidazole rings is 1. The highest BCUT2D eigenvalue weighted by Gasteiger charge is 2.10. The Morgan fingerprint density at radius 3 is 2.71 bits per heavy atom. The van der Waals surface area contributed by atoms with Crippen LogP contribution in [0.5, 0.6) is 5.75 Å². The van der Waals surface area contributed by atoms with E-state index in [9.17, 15) is 0 Å². The highest BCUT2D eigenvalue weighted by molar-refractivity contribution is 6.30. The molecule has 0 fully saturated rings. The van der Waals surface area contributed by atoms with Gasteiger partial charge in [0.05, 0.1) is 6.33 Å². The summed E-state index contributed by atoms with van der Waals surface area (Å²) in [6, 6.07) is 7.41. The average Bonchev–Trinajstić information content (AvgIpc) is 2.85. The summed E-state index contributed by atoms with van der Waals surface area (Å²) in [4.78, 5) is 4.04. The van der Waals surface area contributed by atoms with Crippen molar-refractivity contribution in [3.63, 3.8) is 0 Å². The van der Waals surface area contributed by atoms with E-state index in [2.05, 4.69) is 11.9 Å². The van der Waals surface area contributed by atoms with Crippen LogP contribution in [0.15, 0.2) is 43.0 Å². The van der Waals surface area contributed by atoms with E-state index in [4.69, 9.17) is 16.3 Å². The van der Waals surface area contributed by atoms with Crippen LogP contribution in [0.3, 0.4) is 0 Å². The van der Waals surface area contributed by atoms with Gasteiger partial charge in [-0.25, -0.2) is 4.98 Å². The van der Waals surface area contributed by atoms with Crippen molar-refractivity contribution in [3.8, 4) is 5.75 Å². The predicted molar refractivity (Wildman–Crippen MR) is 68.3 cm³/mol. The van der Waals surface area contributed by atoms with E-state index >= 15 is 0 Å². The highest BCUT2D eigenvalue weighted by atomic mass is 35.5. The monoisotopic (exact) mass is 250 g/mol. The highest BCUT2D eigenvalue weighted by Crippen LogP contribution is 2.22. The summed E-state index contributed by atoms with van der Waals surface area (Å²) in [6.07, 6.45) is 7.43. The molecule has 0 aliphatic heterocycles. The topological polar surface area (TPSA) is 27.1 Å². The van der Waals surface area contributed by atoms with E-state index in [1.807, 2.05) is 35.0 Å². The molecule has 17 heavy (non-hydrogen) atoms. The molecule has 2 aromatic rings. The molecule has 0 N–H and O–H groups in total. The molecular weight excluding hydrogens is 236 g/mol. The maximum Gasteiger partial charge on any atom is 0.176 e. The van der Waals surface area contributed by atoms with E-state index in [0.717, 1.165) is 18.6 Å². The van der Waals surface area contributed by atoms with Gasteiger partial charge in [0, 0.05) is 23.8 Å². The molecule has 1 heterocycles. The molecule has 0 radical (unpaired) electrons. The summed E-state index contributed by atoms with van der Waals surface area (Å²) in [6.45, 7) is 2.13. The van der Waals surface area contributed by atoms with E-state index in [-0.39, 0.29) is 6.23 Å². The Morgan fingerprint density at radius 1 is 1.35 bits per heavy atom. The molecule has 90 valence electrons. The fourth-order valence-electron chi connectivity index (χ4n) is 1.63. The number of nitrogens with zero attached hydrogens (tertiary/aromatic N) is 2. The van der Waals surface area contributed by atoms with E-state index in [1.165, 1.54) is 0 Å². The number of ether oxygens (including phenoxy) is 1. The van der Waals surface area contributed by atoms with Crippen molar-refractivity contribution in [3.05, 3.63) is 48.0 Å². The lowest BCUT2D eigenvalue weighted by Crippen LogP contribution is -2.14. The number of rotatable bonds is 5. The second kappa shape index (κ2) is 5.73. The van der Waals surface area contributed by atoms with Gasteiger partial charge in [0.25, 0.3) is 0 Å². The van der Waals surface area contributed by atoms with E-state index in [1.54, 1.807) is 12.5 Å².